The highest BCUT2D eigenvalue weighted by molar-refractivity contribution is 7.88. The first-order valence-electron chi connectivity index (χ1n) is 7.78. The topological polar surface area (TPSA) is 75.7 Å². The molecule has 0 saturated carbocycles. The van der Waals surface area contributed by atoms with Crippen molar-refractivity contribution in [2.24, 2.45) is 0 Å². The summed E-state index contributed by atoms with van der Waals surface area (Å²) in [5.74, 6) is 0.646. The Morgan fingerprint density at radius 2 is 1.96 bits per heavy atom. The van der Waals surface area contributed by atoms with E-state index in [1.165, 1.54) is 0 Å². The first kappa shape index (κ1) is 17.7. The molecule has 1 aliphatic heterocycles. The Morgan fingerprint density at radius 3 is 2.52 bits per heavy atom. The third-order valence-electron chi connectivity index (χ3n) is 3.56. The average molecular weight is 340 g/mol. The highest BCUT2D eigenvalue weighted by atomic mass is 32.2. The molecule has 0 radical (unpaired) electrons. The van der Waals surface area contributed by atoms with Gasteiger partial charge in [-0.05, 0) is 51.0 Å². The fourth-order valence-corrected chi connectivity index (χ4v) is 3.49. The van der Waals surface area contributed by atoms with Crippen molar-refractivity contribution in [1.82, 2.24) is 9.62 Å². The van der Waals surface area contributed by atoms with Crippen molar-refractivity contribution < 1.29 is 17.9 Å². The zero-order valence-electron chi connectivity index (χ0n) is 13.8. The van der Waals surface area contributed by atoms with Crippen LogP contribution >= 0.6 is 0 Å². The smallest absolute Gasteiger partial charge is 0.253 e. The fourth-order valence-electron chi connectivity index (χ4n) is 2.69. The minimum absolute atomic E-state index is 0.0823. The van der Waals surface area contributed by atoms with Crippen LogP contribution in [0.1, 0.15) is 37.0 Å². The lowest BCUT2D eigenvalue weighted by Gasteiger charge is -2.32. The van der Waals surface area contributed by atoms with E-state index in [1.54, 1.807) is 29.2 Å². The molecular weight excluding hydrogens is 316 g/mol. The minimum atomic E-state index is -3.26. The van der Waals surface area contributed by atoms with Crippen molar-refractivity contribution >= 4 is 15.9 Å². The average Bonchev–Trinajstić information content (AvgIpc) is 2.45. The summed E-state index contributed by atoms with van der Waals surface area (Å²) in [6.45, 7) is 4.94. The molecule has 1 saturated heterocycles. The van der Waals surface area contributed by atoms with E-state index in [0.29, 0.717) is 18.7 Å². The van der Waals surface area contributed by atoms with Crippen LogP contribution in [-0.2, 0) is 10.0 Å². The molecule has 1 aliphatic rings. The molecule has 0 spiro atoms. The van der Waals surface area contributed by atoms with Gasteiger partial charge < -0.3 is 9.64 Å². The number of rotatable bonds is 5. The number of carbonyl (C=O) groups is 1. The lowest BCUT2D eigenvalue weighted by molar-refractivity contribution is 0.0703. The van der Waals surface area contributed by atoms with Crippen LogP contribution in [0.2, 0.25) is 0 Å². The fraction of sp³-hybridized carbons (Fsp3) is 0.562. The van der Waals surface area contributed by atoms with Gasteiger partial charge in [0, 0.05) is 24.7 Å². The Morgan fingerprint density at radius 1 is 1.30 bits per heavy atom. The molecule has 2 rings (SSSR count). The maximum atomic E-state index is 12.6. The standard InChI is InChI=1S/C16H24N2O4S/c1-12(2)22-15-8-6-13(7-9-15)16(19)18-10-4-5-14(11-18)17-23(3,20)21/h6-9,12,14,17H,4-5,10-11H2,1-3H3/t14-/m0/s1. The lowest BCUT2D eigenvalue weighted by atomic mass is 10.1. The molecule has 23 heavy (non-hydrogen) atoms. The van der Waals surface area contributed by atoms with Crippen LogP contribution in [0, 0.1) is 0 Å². The highest BCUT2D eigenvalue weighted by Gasteiger charge is 2.26. The van der Waals surface area contributed by atoms with E-state index in [1.807, 2.05) is 13.8 Å². The molecule has 1 aromatic rings. The zero-order chi connectivity index (χ0) is 17.0. The van der Waals surface area contributed by atoms with Gasteiger partial charge in [0.15, 0.2) is 0 Å². The summed E-state index contributed by atoms with van der Waals surface area (Å²) < 4.78 is 30.8. The predicted octanol–water partition coefficient (Wildman–Crippen LogP) is 1.63. The van der Waals surface area contributed by atoms with E-state index < -0.39 is 10.0 Å². The Kier molecular flexibility index (Phi) is 5.64. The Bertz CT molecular complexity index is 641. The second-order valence-corrected chi connectivity index (χ2v) is 7.95. The highest BCUT2D eigenvalue weighted by Crippen LogP contribution is 2.18. The monoisotopic (exact) mass is 340 g/mol. The van der Waals surface area contributed by atoms with Gasteiger partial charge in [0.05, 0.1) is 12.4 Å². The maximum absolute atomic E-state index is 12.6. The van der Waals surface area contributed by atoms with Crippen LogP contribution in [0.25, 0.3) is 0 Å². The largest absolute Gasteiger partial charge is 0.491 e. The normalized spacial score (nSPS) is 19.0. The summed E-state index contributed by atoms with van der Waals surface area (Å²) in [5, 5.41) is 0. The molecule has 0 aliphatic carbocycles. The summed E-state index contributed by atoms with van der Waals surface area (Å²) in [6, 6.07) is 6.83. The predicted molar refractivity (Wildman–Crippen MR) is 89.1 cm³/mol. The number of ether oxygens (including phenoxy) is 1. The number of hydrogen-bond donors (Lipinski definition) is 1. The van der Waals surface area contributed by atoms with E-state index in [-0.39, 0.29) is 18.1 Å². The van der Waals surface area contributed by atoms with Gasteiger partial charge in [-0.3, -0.25) is 4.79 Å². The second-order valence-electron chi connectivity index (χ2n) is 6.17. The number of carbonyl (C=O) groups excluding carboxylic acids is 1. The van der Waals surface area contributed by atoms with Gasteiger partial charge in [-0.2, -0.15) is 0 Å². The van der Waals surface area contributed by atoms with E-state index in [2.05, 4.69) is 4.72 Å². The summed E-state index contributed by atoms with van der Waals surface area (Å²) in [4.78, 5) is 14.3. The van der Waals surface area contributed by atoms with Crippen molar-refractivity contribution in [2.75, 3.05) is 19.3 Å². The van der Waals surface area contributed by atoms with Crippen LogP contribution in [0.4, 0.5) is 0 Å². The quantitative estimate of drug-likeness (QED) is 0.884. The Labute approximate surface area is 137 Å². The lowest BCUT2D eigenvalue weighted by Crippen LogP contribution is -2.49. The van der Waals surface area contributed by atoms with E-state index in [0.717, 1.165) is 24.8 Å². The Hall–Kier alpha value is -1.60. The third-order valence-corrected chi connectivity index (χ3v) is 4.32. The zero-order valence-corrected chi connectivity index (χ0v) is 14.6. The number of amides is 1. The summed E-state index contributed by atoms with van der Waals surface area (Å²) in [7, 11) is -3.26. The van der Waals surface area contributed by atoms with Crippen molar-refractivity contribution in [3.8, 4) is 5.75 Å². The SMILES string of the molecule is CC(C)Oc1ccc(C(=O)N2CCC[C@H](NS(C)(=O)=O)C2)cc1. The minimum Gasteiger partial charge on any atom is -0.491 e. The molecule has 1 amide bonds. The number of nitrogens with zero attached hydrogens (tertiary/aromatic N) is 1. The molecule has 128 valence electrons. The van der Waals surface area contributed by atoms with Gasteiger partial charge in [0.2, 0.25) is 10.0 Å². The van der Waals surface area contributed by atoms with Gasteiger partial charge >= 0.3 is 0 Å². The molecule has 1 N–H and O–H groups in total. The molecule has 0 unspecified atom stereocenters. The summed E-state index contributed by atoms with van der Waals surface area (Å²) in [6.07, 6.45) is 2.76. The van der Waals surface area contributed by atoms with Crippen molar-refractivity contribution in [2.45, 2.75) is 38.8 Å². The van der Waals surface area contributed by atoms with E-state index >= 15 is 0 Å². The van der Waals surface area contributed by atoms with Gasteiger partial charge in [-0.15, -0.1) is 0 Å². The van der Waals surface area contributed by atoms with Crippen LogP contribution < -0.4 is 9.46 Å². The number of sulfonamides is 1. The molecule has 7 heteroatoms. The van der Waals surface area contributed by atoms with Crippen LogP contribution in [0.15, 0.2) is 24.3 Å². The van der Waals surface area contributed by atoms with Crippen molar-refractivity contribution in [1.29, 1.82) is 0 Å². The molecule has 6 nitrogen and oxygen atoms in total. The first-order chi connectivity index (χ1) is 10.7. The van der Waals surface area contributed by atoms with Gasteiger partial charge in [-0.1, -0.05) is 0 Å². The third kappa shape index (κ3) is 5.51. The van der Waals surface area contributed by atoms with E-state index in [4.69, 9.17) is 4.74 Å². The molecular formula is C16H24N2O4S. The number of piperidine rings is 1. The summed E-state index contributed by atoms with van der Waals surface area (Å²) in [5.41, 5.74) is 0.584. The van der Waals surface area contributed by atoms with Crippen LogP contribution in [0.5, 0.6) is 5.75 Å². The van der Waals surface area contributed by atoms with Crippen LogP contribution in [0.3, 0.4) is 0 Å². The first-order valence-corrected chi connectivity index (χ1v) is 9.67. The Balaban J connectivity index is 2.01. The van der Waals surface area contributed by atoms with Gasteiger partial charge in [-0.25, -0.2) is 13.1 Å². The van der Waals surface area contributed by atoms with Crippen LogP contribution in [-0.4, -0.2) is 50.7 Å². The van der Waals surface area contributed by atoms with Crippen molar-refractivity contribution in [3.05, 3.63) is 29.8 Å². The second kappa shape index (κ2) is 7.31. The summed E-state index contributed by atoms with van der Waals surface area (Å²) >= 11 is 0. The molecule has 1 aromatic carbocycles. The molecule has 1 fully saturated rings. The number of benzene rings is 1. The molecule has 1 atom stereocenters. The number of hydrogen-bond acceptors (Lipinski definition) is 4. The number of nitrogens with one attached hydrogen (secondary N) is 1. The van der Waals surface area contributed by atoms with Gasteiger partial charge in [0.25, 0.3) is 5.91 Å². The molecule has 1 heterocycles. The molecule has 0 aromatic heterocycles. The maximum Gasteiger partial charge on any atom is 0.253 e. The van der Waals surface area contributed by atoms with E-state index in [9.17, 15) is 13.2 Å². The van der Waals surface area contributed by atoms with Gasteiger partial charge in [0.1, 0.15) is 5.75 Å². The van der Waals surface area contributed by atoms with Crippen molar-refractivity contribution in [3.63, 3.8) is 0 Å². The number of likely N-dealkylation sites (tertiary alicyclic amines) is 1. The molecule has 0 bridgehead atoms.